The third kappa shape index (κ3) is 2.06. The van der Waals surface area contributed by atoms with E-state index in [4.69, 9.17) is 0 Å². The fraction of sp³-hybridized carbons (Fsp3) is 0.538. The Bertz CT molecular complexity index is 527. The summed E-state index contributed by atoms with van der Waals surface area (Å²) in [5, 5.41) is 3.45. The molecule has 0 spiro atoms. The van der Waals surface area contributed by atoms with E-state index >= 15 is 0 Å². The highest BCUT2D eigenvalue weighted by molar-refractivity contribution is 7.89. The van der Waals surface area contributed by atoms with Crippen LogP contribution in [0.25, 0.3) is 0 Å². The van der Waals surface area contributed by atoms with E-state index in [2.05, 4.69) is 5.32 Å². The topological polar surface area (TPSA) is 49.4 Å². The molecule has 1 aromatic rings. The van der Waals surface area contributed by atoms with E-state index in [1.54, 1.807) is 16.4 Å². The van der Waals surface area contributed by atoms with Crippen LogP contribution in [0.3, 0.4) is 0 Å². The first-order valence-corrected chi connectivity index (χ1v) is 7.82. The van der Waals surface area contributed by atoms with Gasteiger partial charge in [0.05, 0.1) is 4.90 Å². The minimum atomic E-state index is -3.31. The normalized spacial score (nSPS) is 28.5. The summed E-state index contributed by atoms with van der Waals surface area (Å²) in [5.74, 6) is 0. The van der Waals surface area contributed by atoms with E-state index in [0.29, 0.717) is 30.1 Å². The van der Waals surface area contributed by atoms with Crippen LogP contribution >= 0.6 is 0 Å². The van der Waals surface area contributed by atoms with Gasteiger partial charge in [-0.05, 0) is 31.9 Å². The van der Waals surface area contributed by atoms with E-state index in [-0.39, 0.29) is 0 Å². The molecule has 1 aromatic carbocycles. The lowest BCUT2D eigenvalue weighted by Gasteiger charge is -2.31. The first kappa shape index (κ1) is 12.1. The van der Waals surface area contributed by atoms with Crippen molar-refractivity contribution in [1.82, 2.24) is 9.62 Å². The van der Waals surface area contributed by atoms with Gasteiger partial charge in [0.2, 0.25) is 10.0 Å². The fourth-order valence-corrected chi connectivity index (χ4v) is 4.34. The average Bonchev–Trinajstić information content (AvgIpc) is 2.68. The SMILES string of the molecule is Cc1ccc(S(=O)(=O)N2CC3CCC(C2)N3)cc1. The Morgan fingerprint density at radius 3 is 2.22 bits per heavy atom. The molecule has 0 aliphatic carbocycles. The van der Waals surface area contributed by atoms with Crippen LogP contribution in [-0.4, -0.2) is 37.9 Å². The van der Waals surface area contributed by atoms with Gasteiger partial charge >= 0.3 is 0 Å². The third-order valence-electron chi connectivity index (χ3n) is 3.84. The molecular formula is C13H18N2O2S. The molecule has 2 atom stereocenters. The number of sulfonamides is 1. The van der Waals surface area contributed by atoms with Crippen molar-refractivity contribution in [2.24, 2.45) is 0 Å². The maximum Gasteiger partial charge on any atom is 0.243 e. The lowest BCUT2D eigenvalue weighted by atomic mass is 10.2. The molecule has 0 saturated carbocycles. The smallest absolute Gasteiger partial charge is 0.243 e. The van der Waals surface area contributed by atoms with Crippen molar-refractivity contribution in [3.63, 3.8) is 0 Å². The summed E-state index contributed by atoms with van der Waals surface area (Å²) in [6, 6.07) is 7.78. The van der Waals surface area contributed by atoms with Gasteiger partial charge in [0.15, 0.2) is 0 Å². The number of hydrogen-bond donors (Lipinski definition) is 1. The van der Waals surface area contributed by atoms with E-state index in [1.807, 2.05) is 19.1 Å². The van der Waals surface area contributed by atoms with Crippen LogP contribution in [0.1, 0.15) is 18.4 Å². The van der Waals surface area contributed by atoms with Crippen molar-refractivity contribution in [2.75, 3.05) is 13.1 Å². The highest BCUT2D eigenvalue weighted by Gasteiger charge is 2.37. The van der Waals surface area contributed by atoms with Gasteiger partial charge < -0.3 is 5.32 Å². The van der Waals surface area contributed by atoms with Gasteiger partial charge in [0.25, 0.3) is 0 Å². The van der Waals surface area contributed by atoms with Gasteiger partial charge in [-0.25, -0.2) is 8.42 Å². The Morgan fingerprint density at radius 1 is 1.11 bits per heavy atom. The molecule has 0 radical (unpaired) electrons. The van der Waals surface area contributed by atoms with Crippen molar-refractivity contribution >= 4 is 10.0 Å². The molecule has 2 aliphatic heterocycles. The van der Waals surface area contributed by atoms with E-state index in [1.165, 1.54) is 0 Å². The van der Waals surface area contributed by atoms with Crippen molar-refractivity contribution in [2.45, 2.75) is 36.7 Å². The number of nitrogens with zero attached hydrogens (tertiary/aromatic N) is 1. The molecule has 2 unspecified atom stereocenters. The van der Waals surface area contributed by atoms with Gasteiger partial charge in [0.1, 0.15) is 0 Å². The summed E-state index contributed by atoms with van der Waals surface area (Å²) in [5.41, 5.74) is 1.08. The predicted molar refractivity (Wildman–Crippen MR) is 69.9 cm³/mol. The van der Waals surface area contributed by atoms with Crippen molar-refractivity contribution < 1.29 is 8.42 Å². The lowest BCUT2D eigenvalue weighted by molar-refractivity contribution is 0.296. The lowest BCUT2D eigenvalue weighted by Crippen LogP contribution is -2.52. The molecule has 2 aliphatic rings. The Hall–Kier alpha value is -0.910. The quantitative estimate of drug-likeness (QED) is 0.872. The van der Waals surface area contributed by atoms with E-state index in [9.17, 15) is 8.42 Å². The molecule has 2 fully saturated rings. The highest BCUT2D eigenvalue weighted by Crippen LogP contribution is 2.25. The summed E-state index contributed by atoms with van der Waals surface area (Å²) in [6.45, 7) is 3.17. The molecule has 1 N–H and O–H groups in total. The van der Waals surface area contributed by atoms with Crippen LogP contribution in [0.5, 0.6) is 0 Å². The van der Waals surface area contributed by atoms with Crippen LogP contribution in [0.15, 0.2) is 29.2 Å². The first-order chi connectivity index (χ1) is 8.55. The minimum Gasteiger partial charge on any atom is -0.309 e. The molecule has 5 heteroatoms. The summed E-state index contributed by atoms with van der Waals surface area (Å²) in [7, 11) is -3.31. The monoisotopic (exact) mass is 266 g/mol. The van der Waals surface area contributed by atoms with Gasteiger partial charge in [-0.3, -0.25) is 0 Å². The van der Waals surface area contributed by atoms with E-state index < -0.39 is 10.0 Å². The molecule has 3 rings (SSSR count). The zero-order valence-corrected chi connectivity index (χ0v) is 11.3. The van der Waals surface area contributed by atoms with Gasteiger partial charge in [-0.1, -0.05) is 17.7 Å². The van der Waals surface area contributed by atoms with Crippen LogP contribution < -0.4 is 5.32 Å². The molecule has 2 saturated heterocycles. The first-order valence-electron chi connectivity index (χ1n) is 6.38. The number of aryl methyl sites for hydroxylation is 1. The summed E-state index contributed by atoms with van der Waals surface area (Å²) in [6.07, 6.45) is 2.18. The molecule has 2 heterocycles. The van der Waals surface area contributed by atoms with Gasteiger partial charge in [-0.2, -0.15) is 4.31 Å². The molecule has 0 aromatic heterocycles. The molecule has 18 heavy (non-hydrogen) atoms. The number of rotatable bonds is 2. The largest absolute Gasteiger partial charge is 0.309 e. The molecule has 2 bridgehead atoms. The maximum atomic E-state index is 12.5. The number of hydrogen-bond acceptors (Lipinski definition) is 3. The Labute approximate surface area is 108 Å². The fourth-order valence-electron chi connectivity index (χ4n) is 2.81. The number of fused-ring (bicyclic) bond motifs is 2. The maximum absolute atomic E-state index is 12.5. The van der Waals surface area contributed by atoms with Crippen LogP contribution in [0, 0.1) is 6.92 Å². The van der Waals surface area contributed by atoms with Crippen molar-refractivity contribution in [3.05, 3.63) is 29.8 Å². The van der Waals surface area contributed by atoms with Crippen LogP contribution in [-0.2, 0) is 10.0 Å². The molecular weight excluding hydrogens is 248 g/mol. The predicted octanol–water partition coefficient (Wildman–Crippen LogP) is 1.12. The Kier molecular flexibility index (Phi) is 2.92. The minimum absolute atomic E-state index is 0.337. The zero-order chi connectivity index (χ0) is 12.8. The summed E-state index contributed by atoms with van der Waals surface area (Å²) >= 11 is 0. The highest BCUT2D eigenvalue weighted by atomic mass is 32.2. The second-order valence-corrected chi connectivity index (χ2v) is 7.21. The Balaban J connectivity index is 1.88. The third-order valence-corrected chi connectivity index (χ3v) is 5.69. The molecule has 0 amide bonds. The summed E-state index contributed by atoms with van der Waals surface area (Å²) in [4.78, 5) is 0.411. The van der Waals surface area contributed by atoms with Gasteiger partial charge in [0, 0.05) is 25.2 Å². The molecule has 98 valence electrons. The zero-order valence-electron chi connectivity index (χ0n) is 10.5. The molecule has 4 nitrogen and oxygen atoms in total. The van der Waals surface area contributed by atoms with E-state index in [0.717, 1.165) is 18.4 Å². The standard InChI is InChI=1S/C13H18N2O2S/c1-10-2-6-13(7-3-10)18(16,17)15-8-11-4-5-12(9-15)14-11/h2-3,6-7,11-12,14H,4-5,8-9H2,1H3. The van der Waals surface area contributed by atoms with Crippen molar-refractivity contribution in [1.29, 1.82) is 0 Å². The number of benzene rings is 1. The Morgan fingerprint density at radius 2 is 1.67 bits per heavy atom. The number of piperazine rings is 1. The van der Waals surface area contributed by atoms with Crippen LogP contribution in [0.2, 0.25) is 0 Å². The summed E-state index contributed by atoms with van der Waals surface area (Å²) < 4.78 is 26.7. The second-order valence-electron chi connectivity index (χ2n) is 5.27. The van der Waals surface area contributed by atoms with Crippen LogP contribution in [0.4, 0.5) is 0 Å². The average molecular weight is 266 g/mol. The number of nitrogens with one attached hydrogen (secondary N) is 1. The second kappa shape index (κ2) is 4.33. The van der Waals surface area contributed by atoms with Gasteiger partial charge in [-0.15, -0.1) is 0 Å². The van der Waals surface area contributed by atoms with Crippen molar-refractivity contribution in [3.8, 4) is 0 Å².